The summed E-state index contributed by atoms with van der Waals surface area (Å²) in [6, 6.07) is 8.61. The number of sulfonamides is 1. The lowest BCUT2D eigenvalue weighted by atomic mass is 9.90. The number of benzene rings is 1. The van der Waals surface area contributed by atoms with Crippen molar-refractivity contribution in [3.8, 4) is 0 Å². The maximum atomic E-state index is 11.8. The van der Waals surface area contributed by atoms with E-state index >= 15 is 0 Å². The van der Waals surface area contributed by atoms with Gasteiger partial charge in [0.25, 0.3) is 0 Å². The van der Waals surface area contributed by atoms with Crippen molar-refractivity contribution >= 4 is 10.0 Å². The third-order valence-corrected chi connectivity index (χ3v) is 6.56. The Morgan fingerprint density at radius 3 is 3.00 bits per heavy atom. The monoisotopic (exact) mass is 352 g/mol. The summed E-state index contributed by atoms with van der Waals surface area (Å²) in [6.07, 6.45) is 2.51. The average molecular weight is 353 g/mol. The van der Waals surface area contributed by atoms with Crippen LogP contribution in [0.3, 0.4) is 0 Å². The zero-order valence-electron chi connectivity index (χ0n) is 14.6. The van der Waals surface area contributed by atoms with Crippen LogP contribution in [0.25, 0.3) is 0 Å². The second kappa shape index (κ2) is 7.12. The molecule has 0 bridgehead atoms. The molecule has 2 fully saturated rings. The molecule has 2 heterocycles. The fourth-order valence-corrected chi connectivity index (χ4v) is 4.76. The number of aryl methyl sites for hydroxylation is 1. The molecule has 0 unspecified atom stereocenters. The highest BCUT2D eigenvalue weighted by atomic mass is 32.2. The smallest absolute Gasteiger partial charge is 0.211 e. The van der Waals surface area contributed by atoms with E-state index in [1.807, 2.05) is 0 Å². The molecule has 24 heavy (non-hydrogen) atoms. The van der Waals surface area contributed by atoms with Crippen LogP contribution in [0.4, 0.5) is 0 Å². The van der Waals surface area contributed by atoms with Gasteiger partial charge in [-0.1, -0.05) is 29.8 Å². The lowest BCUT2D eigenvalue weighted by molar-refractivity contribution is -0.0779. The Kier molecular flexibility index (Phi) is 5.30. The van der Waals surface area contributed by atoms with Crippen LogP contribution in [-0.4, -0.2) is 50.4 Å². The number of hydrogen-bond donors (Lipinski definition) is 1. The summed E-state index contributed by atoms with van der Waals surface area (Å²) in [5.74, 6) is 0.136. The Balaban J connectivity index is 1.61. The Morgan fingerprint density at radius 2 is 2.25 bits per heavy atom. The molecule has 0 radical (unpaired) electrons. The van der Waals surface area contributed by atoms with Gasteiger partial charge in [-0.25, -0.2) is 13.1 Å². The maximum absolute atomic E-state index is 11.8. The van der Waals surface area contributed by atoms with Crippen LogP contribution in [0.5, 0.6) is 0 Å². The highest BCUT2D eigenvalue weighted by Crippen LogP contribution is 2.35. The van der Waals surface area contributed by atoms with Gasteiger partial charge in [-0.2, -0.15) is 0 Å². The van der Waals surface area contributed by atoms with E-state index in [4.69, 9.17) is 4.74 Å². The Bertz CT molecular complexity index is 677. The van der Waals surface area contributed by atoms with Crippen LogP contribution < -0.4 is 4.72 Å². The van der Waals surface area contributed by atoms with Crippen LogP contribution in [-0.2, 0) is 21.3 Å². The summed E-state index contributed by atoms with van der Waals surface area (Å²) in [6.45, 7) is 7.24. The van der Waals surface area contributed by atoms with Crippen molar-refractivity contribution in [3.63, 3.8) is 0 Å². The van der Waals surface area contributed by atoms with Gasteiger partial charge >= 0.3 is 0 Å². The number of likely N-dealkylation sites (tertiary alicyclic amines) is 1. The molecular formula is C18H28N2O3S. The molecule has 1 spiro atoms. The molecular weight excluding hydrogens is 324 g/mol. The van der Waals surface area contributed by atoms with Crippen LogP contribution in [0.15, 0.2) is 24.3 Å². The molecule has 6 heteroatoms. The first kappa shape index (κ1) is 17.9. The predicted octanol–water partition coefficient (Wildman–Crippen LogP) is 2.06. The summed E-state index contributed by atoms with van der Waals surface area (Å²) in [5, 5.41) is 0. The van der Waals surface area contributed by atoms with Crippen molar-refractivity contribution in [2.45, 2.75) is 51.3 Å². The van der Waals surface area contributed by atoms with E-state index in [2.05, 4.69) is 40.8 Å². The third kappa shape index (κ3) is 4.36. The molecule has 0 aromatic heterocycles. The average Bonchev–Trinajstić information content (AvgIpc) is 2.89. The molecule has 0 amide bonds. The minimum atomic E-state index is -3.15. The minimum Gasteiger partial charge on any atom is -0.373 e. The number of ether oxygens (including phenoxy) is 1. The first-order chi connectivity index (χ1) is 11.4. The molecule has 1 aromatic rings. The predicted molar refractivity (Wildman–Crippen MR) is 95.4 cm³/mol. The minimum absolute atomic E-state index is 0.00243. The summed E-state index contributed by atoms with van der Waals surface area (Å²) in [4.78, 5) is 2.42. The number of rotatable bonds is 5. The Hall–Kier alpha value is -0.950. The van der Waals surface area contributed by atoms with Gasteiger partial charge in [-0.15, -0.1) is 0 Å². The molecule has 0 saturated carbocycles. The van der Waals surface area contributed by atoms with E-state index in [0.29, 0.717) is 6.61 Å². The summed E-state index contributed by atoms with van der Waals surface area (Å²) in [5.41, 5.74) is 2.42. The van der Waals surface area contributed by atoms with Gasteiger partial charge in [-0.05, 0) is 38.7 Å². The van der Waals surface area contributed by atoms with E-state index in [9.17, 15) is 8.42 Å². The molecule has 1 aromatic carbocycles. The topological polar surface area (TPSA) is 58.6 Å². The van der Waals surface area contributed by atoms with Crippen LogP contribution in [0.2, 0.25) is 0 Å². The van der Waals surface area contributed by atoms with E-state index in [1.165, 1.54) is 11.1 Å². The molecule has 2 atom stereocenters. The summed E-state index contributed by atoms with van der Waals surface area (Å²) >= 11 is 0. The molecule has 3 rings (SSSR count). The van der Waals surface area contributed by atoms with Crippen molar-refractivity contribution in [1.29, 1.82) is 0 Å². The van der Waals surface area contributed by atoms with Gasteiger partial charge in [0.1, 0.15) is 0 Å². The lowest BCUT2D eigenvalue weighted by Gasteiger charge is -2.38. The summed E-state index contributed by atoms with van der Waals surface area (Å²) < 4.78 is 32.7. The van der Waals surface area contributed by atoms with Gasteiger partial charge in [0.15, 0.2) is 0 Å². The zero-order valence-corrected chi connectivity index (χ0v) is 15.4. The molecule has 2 saturated heterocycles. The highest BCUT2D eigenvalue weighted by molar-refractivity contribution is 7.89. The second-order valence-corrected chi connectivity index (χ2v) is 9.23. The fraction of sp³-hybridized carbons (Fsp3) is 0.667. The SMILES string of the molecule is CCS(=O)(=O)N[C@H]1CCO[C@@]2(CCN(Cc3cccc(C)c3)C2)C1. The van der Waals surface area contributed by atoms with Gasteiger partial charge in [0, 0.05) is 32.3 Å². The lowest BCUT2D eigenvalue weighted by Crippen LogP contribution is -2.50. The largest absolute Gasteiger partial charge is 0.373 e. The standard InChI is InChI=1S/C18H28N2O3S/c1-3-24(21,22)19-17-7-10-23-18(12-17)8-9-20(14-18)13-16-6-4-5-15(2)11-16/h4-6,11,17,19H,3,7-10,12-14H2,1-2H3/t17-,18-/m0/s1. The van der Waals surface area contributed by atoms with Gasteiger partial charge in [-0.3, -0.25) is 4.90 Å². The number of nitrogens with zero attached hydrogens (tertiary/aromatic N) is 1. The van der Waals surface area contributed by atoms with Crippen LogP contribution >= 0.6 is 0 Å². The normalized spacial score (nSPS) is 28.5. The number of hydrogen-bond acceptors (Lipinski definition) is 4. The molecule has 5 nitrogen and oxygen atoms in total. The van der Waals surface area contributed by atoms with Gasteiger partial charge in [0.2, 0.25) is 10.0 Å². The van der Waals surface area contributed by atoms with E-state index < -0.39 is 10.0 Å². The van der Waals surface area contributed by atoms with Crippen LogP contribution in [0.1, 0.15) is 37.3 Å². The second-order valence-electron chi connectivity index (χ2n) is 7.19. The first-order valence-corrected chi connectivity index (χ1v) is 10.5. The summed E-state index contributed by atoms with van der Waals surface area (Å²) in [7, 11) is -3.15. The van der Waals surface area contributed by atoms with Crippen molar-refractivity contribution in [3.05, 3.63) is 35.4 Å². The number of nitrogens with one attached hydrogen (secondary N) is 1. The van der Waals surface area contributed by atoms with Crippen molar-refractivity contribution in [2.75, 3.05) is 25.4 Å². The van der Waals surface area contributed by atoms with Crippen molar-refractivity contribution in [1.82, 2.24) is 9.62 Å². The third-order valence-electron chi connectivity index (χ3n) is 5.10. The molecule has 134 valence electrons. The fourth-order valence-electron chi connectivity index (χ4n) is 3.88. The molecule has 0 aliphatic carbocycles. The quantitative estimate of drug-likeness (QED) is 0.881. The van der Waals surface area contributed by atoms with Crippen molar-refractivity contribution in [2.24, 2.45) is 0 Å². The molecule has 1 N–H and O–H groups in total. The molecule has 2 aliphatic rings. The van der Waals surface area contributed by atoms with Crippen LogP contribution in [0, 0.1) is 6.92 Å². The molecule has 2 aliphatic heterocycles. The van der Waals surface area contributed by atoms with Crippen molar-refractivity contribution < 1.29 is 13.2 Å². The highest BCUT2D eigenvalue weighted by Gasteiger charge is 2.43. The van der Waals surface area contributed by atoms with Gasteiger partial charge in [0.05, 0.1) is 11.4 Å². The maximum Gasteiger partial charge on any atom is 0.211 e. The Morgan fingerprint density at radius 1 is 1.42 bits per heavy atom. The van der Waals surface area contributed by atoms with Gasteiger partial charge < -0.3 is 4.74 Å². The first-order valence-electron chi connectivity index (χ1n) is 8.82. The zero-order chi connectivity index (χ0) is 17.2. The van der Waals surface area contributed by atoms with E-state index in [1.54, 1.807) is 6.92 Å². The van der Waals surface area contributed by atoms with E-state index in [-0.39, 0.29) is 17.4 Å². The van der Waals surface area contributed by atoms with E-state index in [0.717, 1.165) is 38.9 Å². The Labute approximate surface area is 145 Å².